The number of carbonyl (C=O) groups excluding carboxylic acids is 2. The molecule has 0 saturated carbocycles. The minimum Gasteiger partial charge on any atom is -0.507 e. The van der Waals surface area contributed by atoms with Crippen LogP contribution in [0.1, 0.15) is 39.5 Å². The summed E-state index contributed by atoms with van der Waals surface area (Å²) in [4.78, 5) is 40.4. The fourth-order valence-electron chi connectivity index (χ4n) is 3.43. The molecule has 0 aliphatic carbocycles. The van der Waals surface area contributed by atoms with Gasteiger partial charge in [-0.15, -0.1) is 11.3 Å². The van der Waals surface area contributed by atoms with E-state index in [1.54, 1.807) is 37.4 Å². The Labute approximate surface area is 199 Å². The number of nitrogens with one attached hydrogen (secondary N) is 4. The highest BCUT2D eigenvalue weighted by atomic mass is 32.1. The Kier molecular flexibility index (Phi) is 8.08. The van der Waals surface area contributed by atoms with Crippen LogP contribution in [-0.2, 0) is 9.59 Å². The maximum atomic E-state index is 12.5. The lowest BCUT2D eigenvalue weighted by Crippen LogP contribution is -2.42. The highest BCUT2D eigenvalue weighted by molar-refractivity contribution is 7.14. The normalized spacial score (nSPS) is 16.1. The first-order chi connectivity index (χ1) is 16.1. The molecule has 7 N–H and O–H groups in total. The third-order valence-corrected chi connectivity index (χ3v) is 5.89. The number of hydrogen-bond donors (Lipinski definition) is 7. The smallest absolute Gasteiger partial charge is 0.305 e. The summed E-state index contributed by atoms with van der Waals surface area (Å²) >= 11 is 1.28. The molecule has 2 amide bonds. The summed E-state index contributed by atoms with van der Waals surface area (Å²) in [5, 5.41) is 42.4. The summed E-state index contributed by atoms with van der Waals surface area (Å²) in [7, 11) is 0. The third kappa shape index (κ3) is 6.68. The van der Waals surface area contributed by atoms with Crippen LogP contribution in [0.2, 0.25) is 0 Å². The number of β-amino-alcohol motifs (C(OH)–C–C–N with tert-alkyl or cyclic N) is 1. The highest BCUT2D eigenvalue weighted by Gasteiger charge is 2.23. The molecule has 11 nitrogen and oxygen atoms in total. The molecule has 34 heavy (non-hydrogen) atoms. The van der Waals surface area contributed by atoms with E-state index < -0.39 is 36.4 Å². The van der Waals surface area contributed by atoms with Crippen molar-refractivity contribution in [2.75, 3.05) is 25.0 Å². The number of rotatable bonds is 8. The maximum absolute atomic E-state index is 12.5. The zero-order chi connectivity index (χ0) is 24.8. The summed E-state index contributed by atoms with van der Waals surface area (Å²) in [5.41, 5.74) is 2.03. The average Bonchev–Trinajstić information content (AvgIpc) is 3.24. The van der Waals surface area contributed by atoms with Crippen molar-refractivity contribution in [1.29, 1.82) is 0 Å². The van der Waals surface area contributed by atoms with Gasteiger partial charge in [0.15, 0.2) is 5.96 Å². The summed E-state index contributed by atoms with van der Waals surface area (Å²) < 4.78 is 0. The van der Waals surface area contributed by atoms with Crippen molar-refractivity contribution < 1.29 is 29.7 Å². The van der Waals surface area contributed by atoms with Gasteiger partial charge in [0.25, 0.3) is 5.91 Å². The minimum atomic E-state index is -1.14. The molecular formula is C22H27N5O6S. The number of carboxylic acid groups (broad SMARTS) is 1. The number of phenolic OH excluding ortho intramolecular Hbond substituents is 1. The van der Waals surface area contributed by atoms with E-state index in [4.69, 9.17) is 0 Å². The van der Waals surface area contributed by atoms with Gasteiger partial charge < -0.3 is 36.6 Å². The molecule has 2 atom stereocenters. The number of benzene rings is 1. The van der Waals surface area contributed by atoms with Crippen LogP contribution in [0.4, 0.5) is 5.00 Å². The third-order valence-electron chi connectivity index (χ3n) is 5.04. The number of aliphatic carboxylic acids is 1. The maximum Gasteiger partial charge on any atom is 0.305 e. The number of phenols is 1. The highest BCUT2D eigenvalue weighted by Crippen LogP contribution is 2.31. The number of anilines is 1. The van der Waals surface area contributed by atoms with Crippen LogP contribution < -0.4 is 21.3 Å². The number of hydrogen-bond acceptors (Lipinski definition) is 9. The lowest BCUT2D eigenvalue weighted by atomic mass is 9.97. The molecule has 0 fully saturated rings. The van der Waals surface area contributed by atoms with Crippen molar-refractivity contribution in [3.63, 3.8) is 0 Å². The van der Waals surface area contributed by atoms with E-state index in [0.29, 0.717) is 34.2 Å². The quantitative estimate of drug-likeness (QED) is 0.286. The summed E-state index contributed by atoms with van der Waals surface area (Å²) in [6.07, 6.45) is -0.958. The van der Waals surface area contributed by atoms with Crippen molar-refractivity contribution in [2.24, 2.45) is 4.99 Å². The second-order valence-corrected chi connectivity index (χ2v) is 8.88. The molecular weight excluding hydrogens is 462 g/mol. The van der Waals surface area contributed by atoms with E-state index in [1.165, 1.54) is 11.3 Å². The second-order valence-electron chi connectivity index (χ2n) is 7.97. The summed E-state index contributed by atoms with van der Waals surface area (Å²) in [6.45, 7) is 3.79. The van der Waals surface area contributed by atoms with Crippen molar-refractivity contribution in [3.05, 3.63) is 45.8 Å². The van der Waals surface area contributed by atoms with Crippen LogP contribution in [0, 0.1) is 13.8 Å². The monoisotopic (exact) mass is 489 g/mol. The molecule has 0 bridgehead atoms. The van der Waals surface area contributed by atoms with E-state index in [2.05, 4.69) is 26.3 Å². The van der Waals surface area contributed by atoms with Crippen LogP contribution in [0.15, 0.2) is 28.6 Å². The van der Waals surface area contributed by atoms with E-state index >= 15 is 0 Å². The predicted octanol–water partition coefficient (Wildman–Crippen LogP) is 0.865. The molecule has 0 radical (unpaired) electrons. The molecule has 2 heterocycles. The van der Waals surface area contributed by atoms with Crippen LogP contribution in [0.5, 0.6) is 5.75 Å². The number of carbonyl (C=O) groups is 3. The number of thiophene rings is 1. The fraction of sp³-hybridized carbons (Fsp3) is 0.364. The molecule has 1 aromatic carbocycles. The van der Waals surface area contributed by atoms with Crippen LogP contribution in [-0.4, -0.2) is 64.8 Å². The average molecular weight is 490 g/mol. The lowest BCUT2D eigenvalue weighted by Gasteiger charge is -2.20. The molecule has 0 spiro atoms. The number of aryl methyl sites for hydroxylation is 2. The first-order valence-corrected chi connectivity index (χ1v) is 11.4. The Bertz CT molecular complexity index is 1120. The molecule has 1 aliphatic rings. The van der Waals surface area contributed by atoms with Gasteiger partial charge >= 0.3 is 5.97 Å². The van der Waals surface area contributed by atoms with Gasteiger partial charge in [0.05, 0.1) is 42.2 Å². The topological polar surface area (TPSA) is 172 Å². The van der Waals surface area contributed by atoms with Gasteiger partial charge in [-0.25, -0.2) is 0 Å². The van der Waals surface area contributed by atoms with Crippen molar-refractivity contribution >= 4 is 40.1 Å². The fourth-order valence-corrected chi connectivity index (χ4v) is 4.21. The molecule has 1 aromatic heterocycles. The van der Waals surface area contributed by atoms with Crippen molar-refractivity contribution in [1.82, 2.24) is 16.0 Å². The predicted molar refractivity (Wildman–Crippen MR) is 127 cm³/mol. The molecule has 12 heteroatoms. The summed E-state index contributed by atoms with van der Waals surface area (Å²) in [5.74, 6) is -1.79. The van der Waals surface area contributed by atoms with Crippen molar-refractivity contribution in [3.8, 4) is 5.75 Å². The number of carboxylic acids is 1. The van der Waals surface area contributed by atoms with Crippen LogP contribution >= 0.6 is 11.3 Å². The van der Waals surface area contributed by atoms with E-state index in [-0.39, 0.29) is 18.8 Å². The van der Waals surface area contributed by atoms with E-state index in [0.717, 1.165) is 5.56 Å². The summed E-state index contributed by atoms with van der Waals surface area (Å²) in [6, 6.07) is 4.03. The molecule has 2 aromatic rings. The van der Waals surface area contributed by atoms with Gasteiger partial charge in [-0.05, 0) is 25.5 Å². The Balaban J connectivity index is 1.58. The number of guanidine groups is 1. The Morgan fingerprint density at radius 1 is 1.26 bits per heavy atom. The number of nitrogens with zero attached hydrogens (tertiary/aromatic N) is 1. The van der Waals surface area contributed by atoms with Gasteiger partial charge in [-0.2, -0.15) is 0 Å². The van der Waals surface area contributed by atoms with Crippen LogP contribution in [0.25, 0.3) is 0 Å². The molecule has 0 saturated heterocycles. The molecule has 1 unspecified atom stereocenters. The zero-order valence-corrected chi connectivity index (χ0v) is 19.5. The Hall–Kier alpha value is -3.64. The van der Waals surface area contributed by atoms with Crippen LogP contribution in [0.3, 0.4) is 0 Å². The number of amides is 2. The van der Waals surface area contributed by atoms with E-state index in [1.807, 2.05) is 0 Å². The molecule has 3 rings (SSSR count). The van der Waals surface area contributed by atoms with Gasteiger partial charge in [0.1, 0.15) is 5.75 Å². The van der Waals surface area contributed by atoms with Gasteiger partial charge in [-0.1, -0.05) is 17.7 Å². The SMILES string of the molecule is Cc1cc(C)c(O)c([C@H](CC(=O)O)NC(=O)CNC(=O)c2csc(NC3=NCC(O)CN3)c2)c1. The lowest BCUT2D eigenvalue weighted by molar-refractivity contribution is -0.137. The van der Waals surface area contributed by atoms with Gasteiger partial charge in [0.2, 0.25) is 5.91 Å². The first kappa shape index (κ1) is 25.0. The standard InChI is InChI=1S/C22H27N5O6S/c1-11-3-12(2)20(32)15(4-11)16(6-19(30)31)26-17(29)9-23-21(33)13-5-18(34-10-13)27-22-24-7-14(28)8-25-22/h3-5,10,14,16,28,32H,6-9H2,1-2H3,(H,23,33)(H,26,29)(H,30,31)(H2,24,25,27)/t16-/m0/s1. The van der Waals surface area contributed by atoms with E-state index in [9.17, 15) is 29.7 Å². The number of aliphatic hydroxyl groups excluding tert-OH is 1. The second kappa shape index (κ2) is 11.0. The minimum absolute atomic E-state index is 0.0777. The zero-order valence-electron chi connectivity index (χ0n) is 18.7. The van der Waals surface area contributed by atoms with Gasteiger partial charge in [-0.3, -0.25) is 19.4 Å². The Morgan fingerprint density at radius 3 is 2.71 bits per heavy atom. The number of aromatic hydroxyl groups is 1. The number of aliphatic hydroxyl groups is 1. The Morgan fingerprint density at radius 2 is 2.03 bits per heavy atom. The number of aliphatic imine (C=N–C) groups is 1. The molecule has 1 aliphatic heterocycles. The van der Waals surface area contributed by atoms with Crippen molar-refractivity contribution in [2.45, 2.75) is 32.4 Å². The largest absolute Gasteiger partial charge is 0.507 e. The van der Waals surface area contributed by atoms with Gasteiger partial charge in [0, 0.05) is 17.5 Å². The molecule has 182 valence electrons. The first-order valence-electron chi connectivity index (χ1n) is 10.5.